The summed E-state index contributed by atoms with van der Waals surface area (Å²) < 4.78 is 11.5. The molecular weight excluding hydrogens is 460 g/mol. The Hall–Kier alpha value is -4.27. The molecule has 0 aliphatic carbocycles. The number of nitrogens with zero attached hydrogens (tertiary/aromatic N) is 1. The monoisotopic (exact) mass is 482 g/mol. The van der Waals surface area contributed by atoms with Crippen LogP contribution in [0.15, 0.2) is 84.4 Å². The molecule has 0 heterocycles. The first-order valence-corrected chi connectivity index (χ1v) is 11.3. The van der Waals surface area contributed by atoms with Gasteiger partial charge in [0.1, 0.15) is 18.2 Å². The molecule has 0 saturated heterocycles. The quantitative estimate of drug-likeness (QED) is 0.229. The van der Waals surface area contributed by atoms with Crippen LogP contribution in [-0.4, -0.2) is 13.0 Å². The van der Waals surface area contributed by atoms with Crippen molar-refractivity contribution in [2.45, 2.75) is 13.5 Å². The molecule has 6 heteroatoms. The minimum atomic E-state index is -0.506. The van der Waals surface area contributed by atoms with Gasteiger partial charge in [-0.25, -0.2) is 0 Å². The number of ether oxygens (including phenoxy) is 2. The van der Waals surface area contributed by atoms with Gasteiger partial charge >= 0.3 is 0 Å². The highest BCUT2D eigenvalue weighted by Gasteiger charge is 2.15. The number of aryl methyl sites for hydroxylation is 1. The van der Waals surface area contributed by atoms with Crippen molar-refractivity contribution < 1.29 is 14.3 Å². The fourth-order valence-electron chi connectivity index (χ4n) is 3.67. The number of rotatable bonds is 7. The second-order valence-corrected chi connectivity index (χ2v) is 8.35. The summed E-state index contributed by atoms with van der Waals surface area (Å²) in [7, 11) is 1.51. The molecule has 0 bridgehead atoms. The molecule has 174 valence electrons. The van der Waals surface area contributed by atoms with E-state index < -0.39 is 5.91 Å². The second kappa shape index (κ2) is 10.8. The Bertz CT molecular complexity index is 1470. The van der Waals surface area contributed by atoms with Gasteiger partial charge in [0.15, 0.2) is 11.5 Å². The van der Waals surface area contributed by atoms with Crippen LogP contribution in [0, 0.1) is 18.3 Å². The molecule has 0 fully saturated rings. The Morgan fingerprint density at radius 3 is 2.51 bits per heavy atom. The van der Waals surface area contributed by atoms with Crippen molar-refractivity contribution in [1.82, 2.24) is 0 Å². The fourth-order valence-corrected chi connectivity index (χ4v) is 3.94. The molecule has 0 spiro atoms. The minimum Gasteiger partial charge on any atom is -0.493 e. The van der Waals surface area contributed by atoms with E-state index in [0.29, 0.717) is 34.4 Å². The number of nitrogens with one attached hydrogen (secondary N) is 1. The van der Waals surface area contributed by atoms with E-state index in [9.17, 15) is 10.1 Å². The normalized spacial score (nSPS) is 11.1. The van der Waals surface area contributed by atoms with Gasteiger partial charge < -0.3 is 14.8 Å². The van der Waals surface area contributed by atoms with Gasteiger partial charge in [-0.15, -0.1) is 0 Å². The molecule has 0 atom stereocenters. The number of benzene rings is 4. The second-order valence-electron chi connectivity index (χ2n) is 7.94. The van der Waals surface area contributed by atoms with E-state index >= 15 is 0 Å². The standard InChI is InChI=1S/C29H23ClN2O3/c1-19-7-3-6-10-26(19)32-29(33)24(17-31)14-21-15-25(30)28(27(16-21)34-2)35-18-20-11-12-22-8-4-5-9-23(22)13-20/h3-16H,18H2,1-2H3,(H,32,33)/b24-14-. The zero-order valence-electron chi connectivity index (χ0n) is 19.3. The first-order chi connectivity index (χ1) is 17.0. The highest BCUT2D eigenvalue weighted by atomic mass is 35.5. The Morgan fingerprint density at radius 1 is 1.03 bits per heavy atom. The lowest BCUT2D eigenvalue weighted by Gasteiger charge is -2.14. The zero-order valence-corrected chi connectivity index (χ0v) is 20.1. The summed E-state index contributed by atoms with van der Waals surface area (Å²) >= 11 is 6.51. The van der Waals surface area contributed by atoms with E-state index in [1.54, 1.807) is 18.2 Å². The third kappa shape index (κ3) is 5.63. The van der Waals surface area contributed by atoms with Gasteiger partial charge in [0.25, 0.3) is 5.91 Å². The van der Waals surface area contributed by atoms with E-state index in [2.05, 4.69) is 23.5 Å². The predicted octanol–water partition coefficient (Wildman–Crippen LogP) is 6.93. The summed E-state index contributed by atoms with van der Waals surface area (Å²) in [6, 6.07) is 26.9. The van der Waals surface area contributed by atoms with Gasteiger partial charge in [0, 0.05) is 5.69 Å². The number of fused-ring (bicyclic) bond motifs is 1. The summed E-state index contributed by atoms with van der Waals surface area (Å²) in [5.74, 6) is 0.289. The molecule has 4 aromatic rings. The van der Waals surface area contributed by atoms with Gasteiger partial charge in [-0.2, -0.15) is 5.26 Å². The van der Waals surface area contributed by atoms with Crippen LogP contribution < -0.4 is 14.8 Å². The predicted molar refractivity (Wildman–Crippen MR) is 140 cm³/mol. The first kappa shape index (κ1) is 23.9. The maximum atomic E-state index is 12.7. The van der Waals surface area contributed by atoms with Crippen LogP contribution in [0.1, 0.15) is 16.7 Å². The fraction of sp³-hybridized carbons (Fsp3) is 0.103. The molecule has 1 N–H and O–H groups in total. The molecule has 5 nitrogen and oxygen atoms in total. The van der Waals surface area contributed by atoms with E-state index in [1.807, 2.05) is 55.5 Å². The van der Waals surface area contributed by atoms with Crippen LogP contribution in [0.3, 0.4) is 0 Å². The van der Waals surface area contributed by atoms with Crippen molar-refractivity contribution in [3.8, 4) is 17.6 Å². The van der Waals surface area contributed by atoms with Crippen LogP contribution in [0.4, 0.5) is 5.69 Å². The maximum absolute atomic E-state index is 12.7. The summed E-state index contributed by atoms with van der Waals surface area (Å²) in [6.45, 7) is 2.19. The summed E-state index contributed by atoms with van der Waals surface area (Å²) in [6.07, 6.45) is 1.47. The molecule has 35 heavy (non-hydrogen) atoms. The maximum Gasteiger partial charge on any atom is 0.266 e. The van der Waals surface area contributed by atoms with Gasteiger partial charge in [-0.05, 0) is 64.7 Å². The van der Waals surface area contributed by atoms with Gasteiger partial charge in [-0.1, -0.05) is 66.2 Å². The number of carbonyl (C=O) groups excluding carboxylic acids is 1. The number of anilines is 1. The molecule has 0 saturated carbocycles. The van der Waals surface area contributed by atoms with Crippen LogP contribution in [0.2, 0.25) is 5.02 Å². The number of methoxy groups -OCH3 is 1. The molecule has 1 amide bonds. The summed E-state index contributed by atoms with van der Waals surface area (Å²) in [5, 5.41) is 14.9. The Labute approximate surface area is 209 Å². The smallest absolute Gasteiger partial charge is 0.266 e. The van der Waals surface area contributed by atoms with Crippen molar-refractivity contribution in [3.63, 3.8) is 0 Å². The van der Waals surface area contributed by atoms with Crippen LogP contribution in [0.5, 0.6) is 11.5 Å². The van der Waals surface area contributed by atoms with Gasteiger partial charge in [-0.3, -0.25) is 4.79 Å². The summed E-state index contributed by atoms with van der Waals surface area (Å²) in [5.41, 5.74) is 3.02. The minimum absolute atomic E-state index is 0.0591. The van der Waals surface area contributed by atoms with Crippen molar-refractivity contribution in [3.05, 3.63) is 106 Å². The number of amides is 1. The average Bonchev–Trinajstić information content (AvgIpc) is 2.87. The highest BCUT2D eigenvalue weighted by molar-refractivity contribution is 6.32. The third-order valence-electron chi connectivity index (χ3n) is 5.52. The van der Waals surface area contributed by atoms with Crippen LogP contribution >= 0.6 is 11.6 Å². The lowest BCUT2D eigenvalue weighted by atomic mass is 10.1. The first-order valence-electron chi connectivity index (χ1n) is 11.0. The Kier molecular flexibility index (Phi) is 7.35. The highest BCUT2D eigenvalue weighted by Crippen LogP contribution is 2.37. The lowest BCUT2D eigenvalue weighted by molar-refractivity contribution is -0.112. The number of hydrogen-bond donors (Lipinski definition) is 1. The molecule has 4 rings (SSSR count). The van der Waals surface area contributed by atoms with Crippen molar-refractivity contribution in [2.24, 2.45) is 0 Å². The zero-order chi connectivity index (χ0) is 24.8. The number of halogens is 1. The summed E-state index contributed by atoms with van der Waals surface area (Å²) in [4.78, 5) is 12.7. The average molecular weight is 483 g/mol. The molecule has 0 unspecified atom stereocenters. The van der Waals surface area contributed by atoms with E-state index in [1.165, 1.54) is 13.2 Å². The third-order valence-corrected chi connectivity index (χ3v) is 5.80. The van der Waals surface area contributed by atoms with E-state index in [-0.39, 0.29) is 5.57 Å². The largest absolute Gasteiger partial charge is 0.493 e. The molecular formula is C29H23ClN2O3. The number of nitriles is 1. The number of hydrogen-bond acceptors (Lipinski definition) is 4. The lowest BCUT2D eigenvalue weighted by Crippen LogP contribution is -2.14. The topological polar surface area (TPSA) is 71.3 Å². The number of carbonyl (C=O) groups is 1. The molecule has 0 aliphatic heterocycles. The van der Waals surface area contributed by atoms with Gasteiger partial charge in [0.2, 0.25) is 0 Å². The SMILES string of the molecule is COc1cc(/C=C(/C#N)C(=O)Nc2ccccc2C)cc(Cl)c1OCc1ccc2ccccc2c1. The van der Waals surface area contributed by atoms with Crippen molar-refractivity contribution in [2.75, 3.05) is 12.4 Å². The Morgan fingerprint density at radius 2 is 1.77 bits per heavy atom. The molecule has 4 aromatic carbocycles. The molecule has 0 radical (unpaired) electrons. The van der Waals surface area contributed by atoms with E-state index in [0.717, 1.165) is 21.9 Å². The van der Waals surface area contributed by atoms with Crippen LogP contribution in [0.25, 0.3) is 16.8 Å². The van der Waals surface area contributed by atoms with Gasteiger partial charge in [0.05, 0.1) is 12.1 Å². The molecule has 0 aliphatic rings. The molecule has 0 aromatic heterocycles. The van der Waals surface area contributed by atoms with Crippen molar-refractivity contribution >= 4 is 40.0 Å². The Balaban J connectivity index is 1.55. The van der Waals surface area contributed by atoms with E-state index in [4.69, 9.17) is 21.1 Å². The van der Waals surface area contributed by atoms with Crippen molar-refractivity contribution in [1.29, 1.82) is 5.26 Å². The number of para-hydroxylation sites is 1. The van der Waals surface area contributed by atoms with Crippen LogP contribution in [-0.2, 0) is 11.4 Å².